The maximum atomic E-state index is 13.3. The number of rotatable bonds is 17. The molecular weight excluding hydrogens is 472 g/mol. The van der Waals surface area contributed by atoms with Gasteiger partial charge in [0.25, 0.3) is 0 Å². The molecule has 0 radical (unpaired) electrons. The Bertz CT molecular complexity index is 981. The minimum absolute atomic E-state index is 0.183. The lowest BCUT2D eigenvalue weighted by atomic mass is 10.0. The van der Waals surface area contributed by atoms with Crippen LogP contribution in [0.5, 0.6) is 11.5 Å². The first-order chi connectivity index (χ1) is 17.9. The van der Waals surface area contributed by atoms with Crippen molar-refractivity contribution in [3.63, 3.8) is 0 Å². The Labute approximate surface area is 220 Å². The van der Waals surface area contributed by atoms with Crippen molar-refractivity contribution in [1.82, 2.24) is 4.90 Å². The Hall–Kier alpha value is -3.26. The number of unbranched alkanes of at least 4 members (excludes halogenated alkanes) is 4. The molecule has 2 N–H and O–H groups in total. The zero-order valence-corrected chi connectivity index (χ0v) is 22.6. The van der Waals surface area contributed by atoms with E-state index in [2.05, 4.69) is 12.2 Å². The normalized spacial score (nSPS) is 11.6. The number of amides is 2. The van der Waals surface area contributed by atoms with Gasteiger partial charge in [-0.15, -0.1) is 0 Å². The van der Waals surface area contributed by atoms with Gasteiger partial charge < -0.3 is 29.5 Å². The maximum Gasteiger partial charge on any atom is 0.333 e. The van der Waals surface area contributed by atoms with E-state index in [0.717, 1.165) is 30.4 Å². The molecule has 1 atom stereocenters. The predicted molar refractivity (Wildman–Crippen MR) is 146 cm³/mol. The van der Waals surface area contributed by atoms with Crippen LogP contribution in [-0.4, -0.2) is 62.0 Å². The van der Waals surface area contributed by atoms with E-state index in [4.69, 9.17) is 14.2 Å². The van der Waals surface area contributed by atoms with Gasteiger partial charge in [-0.2, -0.15) is 0 Å². The number of methoxy groups -OCH3 is 2. The van der Waals surface area contributed by atoms with Crippen LogP contribution in [0.3, 0.4) is 0 Å². The molecule has 0 fully saturated rings. The zero-order chi connectivity index (χ0) is 27.0. The number of carboxylic acid groups (broad SMARTS) is 1. The van der Waals surface area contributed by atoms with Gasteiger partial charge in [0.2, 0.25) is 0 Å². The molecule has 0 heterocycles. The van der Waals surface area contributed by atoms with E-state index in [1.165, 1.54) is 12.8 Å². The lowest BCUT2D eigenvalue weighted by Crippen LogP contribution is -2.37. The number of urea groups is 1. The van der Waals surface area contributed by atoms with Crippen LogP contribution in [0, 0.1) is 0 Å². The number of carbonyl (C=O) groups is 2. The molecule has 0 aliphatic rings. The van der Waals surface area contributed by atoms with E-state index in [-0.39, 0.29) is 6.03 Å². The van der Waals surface area contributed by atoms with E-state index < -0.39 is 12.1 Å². The van der Waals surface area contributed by atoms with Crippen molar-refractivity contribution >= 4 is 17.7 Å². The summed E-state index contributed by atoms with van der Waals surface area (Å²) in [6.45, 7) is 5.51. The highest BCUT2D eigenvalue weighted by molar-refractivity contribution is 5.91. The third kappa shape index (κ3) is 10.3. The topological polar surface area (TPSA) is 97.3 Å². The summed E-state index contributed by atoms with van der Waals surface area (Å²) in [7, 11) is 3.14. The fourth-order valence-electron chi connectivity index (χ4n) is 4.13. The molecule has 37 heavy (non-hydrogen) atoms. The van der Waals surface area contributed by atoms with Gasteiger partial charge in [0.15, 0.2) is 6.10 Å². The fraction of sp³-hybridized carbons (Fsp3) is 0.517. The third-order valence-corrected chi connectivity index (χ3v) is 6.20. The van der Waals surface area contributed by atoms with Gasteiger partial charge in [0, 0.05) is 32.2 Å². The van der Waals surface area contributed by atoms with Gasteiger partial charge in [-0.3, -0.25) is 0 Å². The van der Waals surface area contributed by atoms with Crippen LogP contribution in [0.4, 0.5) is 10.5 Å². The lowest BCUT2D eigenvalue weighted by molar-refractivity contribution is -0.149. The SMILES string of the molecule is CCCCCCCN(CCc1cccc(CC(OCC)C(=O)O)c1)C(=O)Nc1ccc(OC)cc1OC. The van der Waals surface area contributed by atoms with Crippen LogP contribution in [-0.2, 0) is 22.4 Å². The van der Waals surface area contributed by atoms with Gasteiger partial charge in [-0.05, 0) is 43.0 Å². The van der Waals surface area contributed by atoms with Crippen LogP contribution >= 0.6 is 0 Å². The number of hydrogen-bond acceptors (Lipinski definition) is 5. The van der Waals surface area contributed by atoms with Gasteiger partial charge >= 0.3 is 12.0 Å². The number of carboxylic acids is 1. The molecule has 2 aromatic carbocycles. The Morgan fingerprint density at radius 1 is 0.946 bits per heavy atom. The minimum Gasteiger partial charge on any atom is -0.497 e. The first kappa shape index (κ1) is 30.0. The molecule has 0 saturated heterocycles. The van der Waals surface area contributed by atoms with E-state index >= 15 is 0 Å². The van der Waals surface area contributed by atoms with Gasteiger partial charge in [0.05, 0.1) is 19.9 Å². The molecule has 0 aromatic heterocycles. The van der Waals surface area contributed by atoms with Crippen LogP contribution in [0.1, 0.15) is 57.1 Å². The summed E-state index contributed by atoms with van der Waals surface area (Å²) in [6, 6.07) is 12.9. The lowest BCUT2D eigenvalue weighted by Gasteiger charge is -2.24. The summed E-state index contributed by atoms with van der Waals surface area (Å²) >= 11 is 0. The molecular formula is C29H42N2O6. The molecule has 0 spiro atoms. The summed E-state index contributed by atoms with van der Waals surface area (Å²) in [5.74, 6) is 0.217. The Kier molecular flexibility index (Phi) is 13.3. The number of benzene rings is 2. The van der Waals surface area contributed by atoms with Crippen molar-refractivity contribution in [3.05, 3.63) is 53.6 Å². The summed E-state index contributed by atoms with van der Waals surface area (Å²) in [5.41, 5.74) is 2.53. The predicted octanol–water partition coefficient (Wildman–Crippen LogP) is 5.78. The molecule has 204 valence electrons. The highest BCUT2D eigenvalue weighted by Crippen LogP contribution is 2.29. The number of ether oxygens (including phenoxy) is 3. The summed E-state index contributed by atoms with van der Waals surface area (Å²) in [5, 5.41) is 12.4. The number of carbonyl (C=O) groups excluding carboxylic acids is 1. The number of nitrogens with one attached hydrogen (secondary N) is 1. The summed E-state index contributed by atoms with van der Waals surface area (Å²) < 4.78 is 16.1. The standard InChI is InChI=1S/C29H42N2O6/c1-5-7-8-9-10-17-31(29(34)30-25-15-14-24(35-3)21-26(25)36-4)18-16-22-12-11-13-23(19-22)20-27(28(32)33)37-6-2/h11-15,19,21,27H,5-10,16-18,20H2,1-4H3,(H,30,34)(H,32,33). The van der Waals surface area contributed by atoms with Crippen LogP contribution in [0.2, 0.25) is 0 Å². The first-order valence-corrected chi connectivity index (χ1v) is 13.1. The van der Waals surface area contributed by atoms with Crippen LogP contribution in [0.15, 0.2) is 42.5 Å². The average molecular weight is 515 g/mol. The van der Waals surface area contributed by atoms with Gasteiger partial charge in [0.1, 0.15) is 11.5 Å². The number of aliphatic carboxylic acids is 1. The monoisotopic (exact) mass is 514 g/mol. The van der Waals surface area contributed by atoms with Gasteiger partial charge in [-0.1, -0.05) is 56.9 Å². The smallest absolute Gasteiger partial charge is 0.333 e. The molecule has 0 aliphatic heterocycles. The Morgan fingerprint density at radius 2 is 1.70 bits per heavy atom. The molecule has 2 aromatic rings. The molecule has 2 amide bonds. The highest BCUT2D eigenvalue weighted by Gasteiger charge is 2.19. The van der Waals surface area contributed by atoms with Crippen LogP contribution in [0.25, 0.3) is 0 Å². The number of hydrogen-bond donors (Lipinski definition) is 2. The fourth-order valence-corrected chi connectivity index (χ4v) is 4.13. The molecule has 0 bridgehead atoms. The zero-order valence-electron chi connectivity index (χ0n) is 22.6. The summed E-state index contributed by atoms with van der Waals surface area (Å²) in [6.07, 6.45) is 5.62. The molecule has 0 aliphatic carbocycles. The van der Waals surface area contributed by atoms with Crippen LogP contribution < -0.4 is 14.8 Å². The molecule has 8 heteroatoms. The quantitative estimate of drug-likeness (QED) is 0.260. The third-order valence-electron chi connectivity index (χ3n) is 6.20. The molecule has 8 nitrogen and oxygen atoms in total. The second-order valence-corrected chi connectivity index (χ2v) is 8.95. The molecule has 0 saturated carbocycles. The Balaban J connectivity index is 2.09. The van der Waals surface area contributed by atoms with Crippen molar-refractivity contribution in [2.24, 2.45) is 0 Å². The van der Waals surface area contributed by atoms with Crippen molar-refractivity contribution in [3.8, 4) is 11.5 Å². The largest absolute Gasteiger partial charge is 0.497 e. The average Bonchev–Trinajstić information content (AvgIpc) is 2.90. The molecule has 2 rings (SSSR count). The second-order valence-electron chi connectivity index (χ2n) is 8.95. The Morgan fingerprint density at radius 3 is 2.38 bits per heavy atom. The van der Waals surface area contributed by atoms with Crippen molar-refractivity contribution in [2.45, 2.75) is 64.9 Å². The number of nitrogens with zero attached hydrogens (tertiary/aromatic N) is 1. The number of anilines is 1. The minimum atomic E-state index is -0.966. The van der Waals surface area contributed by atoms with E-state index in [0.29, 0.717) is 49.7 Å². The first-order valence-electron chi connectivity index (χ1n) is 13.1. The van der Waals surface area contributed by atoms with E-state index in [1.54, 1.807) is 39.3 Å². The van der Waals surface area contributed by atoms with Gasteiger partial charge in [-0.25, -0.2) is 9.59 Å². The summed E-state index contributed by atoms with van der Waals surface area (Å²) in [4.78, 5) is 26.6. The van der Waals surface area contributed by atoms with E-state index in [1.807, 2.05) is 29.2 Å². The highest BCUT2D eigenvalue weighted by atomic mass is 16.5. The van der Waals surface area contributed by atoms with Crippen molar-refractivity contribution < 1.29 is 28.9 Å². The van der Waals surface area contributed by atoms with Crippen molar-refractivity contribution in [1.29, 1.82) is 0 Å². The van der Waals surface area contributed by atoms with E-state index in [9.17, 15) is 14.7 Å². The maximum absolute atomic E-state index is 13.3. The second kappa shape index (κ2) is 16.5. The van der Waals surface area contributed by atoms with Crippen molar-refractivity contribution in [2.75, 3.05) is 39.2 Å². The molecule has 1 unspecified atom stereocenters.